The zero-order valence-corrected chi connectivity index (χ0v) is 23.1. The van der Waals surface area contributed by atoms with Crippen LogP contribution in [0.15, 0.2) is 24.4 Å². The lowest BCUT2D eigenvalue weighted by Crippen LogP contribution is -2.52. The molecule has 3 heterocycles. The molecule has 1 aliphatic heterocycles. The lowest BCUT2D eigenvalue weighted by atomic mass is 9.97. The fraction of sp³-hybridized carbons (Fsp3) is 0.593. The zero-order valence-electron chi connectivity index (χ0n) is 21.5. The molecule has 2 aromatic heterocycles. The second-order valence-corrected chi connectivity index (χ2v) is 11.9. The Labute approximate surface area is 223 Å². The Morgan fingerprint density at radius 2 is 1.92 bits per heavy atom. The van der Waals surface area contributed by atoms with Crippen molar-refractivity contribution < 1.29 is 9.59 Å². The van der Waals surface area contributed by atoms with Gasteiger partial charge < -0.3 is 20.9 Å². The number of rotatable bonds is 9. The summed E-state index contributed by atoms with van der Waals surface area (Å²) in [6.07, 6.45) is 8.94. The fourth-order valence-electron chi connectivity index (χ4n) is 5.16. The van der Waals surface area contributed by atoms with E-state index >= 15 is 0 Å². The largest absolute Gasteiger partial charge is 0.376 e. The predicted octanol–water partition coefficient (Wildman–Crippen LogP) is 5.17. The van der Waals surface area contributed by atoms with Crippen LogP contribution in [-0.4, -0.2) is 53.9 Å². The van der Waals surface area contributed by atoms with Gasteiger partial charge >= 0.3 is 0 Å². The number of hydrogen-bond acceptors (Lipinski definition) is 6. The first-order valence-electron chi connectivity index (χ1n) is 13.1. The summed E-state index contributed by atoms with van der Waals surface area (Å²) in [7, 11) is 2.11. The summed E-state index contributed by atoms with van der Waals surface area (Å²) in [6, 6.07) is 5.34. The highest BCUT2D eigenvalue weighted by Crippen LogP contribution is 2.30. The number of pyridine rings is 1. The number of aromatic nitrogens is 1. The number of carbonyl (C=O) groups is 2. The Kier molecular flexibility index (Phi) is 9.25. The third-order valence-electron chi connectivity index (χ3n) is 7.43. The first-order valence-corrected chi connectivity index (χ1v) is 14.3. The molecule has 0 spiro atoms. The van der Waals surface area contributed by atoms with Crippen molar-refractivity contribution in [2.45, 2.75) is 76.9 Å². The van der Waals surface area contributed by atoms with Gasteiger partial charge in [-0.15, -0.1) is 11.3 Å². The number of nitrogens with one attached hydrogen (secondary N) is 3. The van der Waals surface area contributed by atoms with E-state index in [9.17, 15) is 9.59 Å². The lowest BCUT2D eigenvalue weighted by molar-refractivity contribution is -0.124. The van der Waals surface area contributed by atoms with Crippen LogP contribution in [0.3, 0.4) is 0 Å². The number of likely N-dealkylation sites (tertiary alicyclic amines) is 1. The molecule has 9 heteroatoms. The number of piperidine rings is 1. The average Bonchev–Trinajstić information content (AvgIpc) is 3.55. The summed E-state index contributed by atoms with van der Waals surface area (Å²) in [5.41, 5.74) is 1.74. The number of halogens is 1. The van der Waals surface area contributed by atoms with Crippen LogP contribution in [0.1, 0.15) is 78.2 Å². The van der Waals surface area contributed by atoms with E-state index in [1.54, 1.807) is 6.20 Å². The van der Waals surface area contributed by atoms with Gasteiger partial charge in [-0.05, 0) is 77.4 Å². The van der Waals surface area contributed by atoms with E-state index in [0.717, 1.165) is 55.0 Å². The molecule has 36 heavy (non-hydrogen) atoms. The van der Waals surface area contributed by atoms with Gasteiger partial charge in [0.05, 0.1) is 27.3 Å². The van der Waals surface area contributed by atoms with Crippen molar-refractivity contribution in [1.29, 1.82) is 0 Å². The third kappa shape index (κ3) is 7.20. The van der Waals surface area contributed by atoms with Crippen LogP contribution in [0.5, 0.6) is 0 Å². The molecule has 0 bridgehead atoms. The smallest absolute Gasteiger partial charge is 0.262 e. The molecule has 2 aliphatic rings. The van der Waals surface area contributed by atoms with Crippen molar-refractivity contribution >= 4 is 40.4 Å². The van der Waals surface area contributed by atoms with E-state index in [1.807, 2.05) is 32.0 Å². The molecule has 2 amide bonds. The molecule has 2 atom stereocenters. The monoisotopic (exact) mass is 531 g/mol. The Morgan fingerprint density at radius 3 is 2.64 bits per heavy atom. The van der Waals surface area contributed by atoms with Crippen molar-refractivity contribution in [2.24, 2.45) is 5.92 Å². The van der Waals surface area contributed by atoms with Crippen LogP contribution in [0, 0.1) is 12.8 Å². The van der Waals surface area contributed by atoms with Gasteiger partial charge in [-0.2, -0.15) is 0 Å². The normalized spacial score (nSPS) is 19.1. The SMILES string of the molecule is Cc1ncc(Cl)cc1N[C@@H](C)c1ccc(C(=O)N[C@@H](CC2CCCC2)C(=O)NC2CCN(C)CC2)s1. The average molecular weight is 532 g/mol. The van der Waals surface area contributed by atoms with E-state index in [-0.39, 0.29) is 23.9 Å². The summed E-state index contributed by atoms with van der Waals surface area (Å²) < 4.78 is 0. The highest BCUT2D eigenvalue weighted by molar-refractivity contribution is 7.14. The first-order chi connectivity index (χ1) is 17.3. The number of amides is 2. The second kappa shape index (κ2) is 12.4. The Balaban J connectivity index is 1.39. The van der Waals surface area contributed by atoms with Gasteiger partial charge in [-0.1, -0.05) is 37.3 Å². The maximum Gasteiger partial charge on any atom is 0.262 e. The summed E-state index contributed by atoms with van der Waals surface area (Å²) >= 11 is 7.55. The van der Waals surface area contributed by atoms with E-state index in [0.29, 0.717) is 22.2 Å². The molecule has 1 saturated heterocycles. The fourth-order valence-corrected chi connectivity index (χ4v) is 6.23. The minimum absolute atomic E-state index is 0.0162. The molecule has 0 aromatic carbocycles. The minimum Gasteiger partial charge on any atom is -0.376 e. The highest BCUT2D eigenvalue weighted by Gasteiger charge is 2.29. The molecule has 3 N–H and O–H groups in total. The van der Waals surface area contributed by atoms with Gasteiger partial charge in [-0.25, -0.2) is 0 Å². The van der Waals surface area contributed by atoms with Crippen LogP contribution in [0.25, 0.3) is 0 Å². The molecule has 196 valence electrons. The van der Waals surface area contributed by atoms with Crippen LogP contribution >= 0.6 is 22.9 Å². The Hall–Kier alpha value is -2.16. The van der Waals surface area contributed by atoms with Crippen LogP contribution in [0.4, 0.5) is 5.69 Å². The number of thiophene rings is 1. The maximum atomic E-state index is 13.3. The Morgan fingerprint density at radius 1 is 1.19 bits per heavy atom. The van der Waals surface area contributed by atoms with Crippen LogP contribution in [-0.2, 0) is 4.79 Å². The van der Waals surface area contributed by atoms with Crippen molar-refractivity contribution in [3.05, 3.63) is 44.9 Å². The van der Waals surface area contributed by atoms with Gasteiger partial charge in [0.15, 0.2) is 0 Å². The van der Waals surface area contributed by atoms with Gasteiger partial charge in [-0.3, -0.25) is 14.6 Å². The van der Waals surface area contributed by atoms with E-state index < -0.39 is 6.04 Å². The molecule has 2 fully saturated rings. The molecular formula is C27H38ClN5O2S. The maximum absolute atomic E-state index is 13.3. The highest BCUT2D eigenvalue weighted by atomic mass is 35.5. The van der Waals surface area contributed by atoms with Crippen LogP contribution < -0.4 is 16.0 Å². The van der Waals surface area contributed by atoms with Gasteiger partial charge in [0.2, 0.25) is 5.91 Å². The second-order valence-electron chi connectivity index (χ2n) is 10.4. The standard InChI is InChI=1S/C27H38ClN5O2S/c1-17-22(15-20(28)16-29-17)30-18(2)24-8-9-25(36-24)27(35)32-23(14-19-6-4-5-7-19)26(34)31-21-10-12-33(3)13-11-21/h8-9,15-16,18-19,21,23,30H,4-7,10-14H2,1-3H3,(H,31,34)(H,32,35)/t18-,23-/m0/s1. The van der Waals surface area contributed by atoms with Gasteiger partial charge in [0.1, 0.15) is 6.04 Å². The van der Waals surface area contributed by atoms with Crippen molar-refractivity contribution in [3.63, 3.8) is 0 Å². The van der Waals surface area contributed by atoms with Crippen LogP contribution in [0.2, 0.25) is 5.02 Å². The zero-order chi connectivity index (χ0) is 25.7. The van der Waals surface area contributed by atoms with E-state index in [1.165, 1.54) is 24.2 Å². The van der Waals surface area contributed by atoms with Gasteiger partial charge in [0, 0.05) is 17.1 Å². The molecule has 7 nitrogen and oxygen atoms in total. The minimum atomic E-state index is -0.499. The summed E-state index contributed by atoms with van der Waals surface area (Å²) in [4.78, 5) is 34.7. The molecule has 0 radical (unpaired) electrons. The lowest BCUT2D eigenvalue weighted by Gasteiger charge is -2.31. The molecular weight excluding hydrogens is 494 g/mol. The number of nitrogens with zero attached hydrogens (tertiary/aromatic N) is 2. The number of aryl methyl sites for hydroxylation is 1. The third-order valence-corrected chi connectivity index (χ3v) is 8.91. The molecule has 2 aromatic rings. The number of carbonyl (C=O) groups excluding carboxylic acids is 2. The van der Waals surface area contributed by atoms with E-state index in [2.05, 4.69) is 32.9 Å². The first kappa shape index (κ1) is 26.9. The number of anilines is 1. The Bertz CT molecular complexity index is 1050. The van der Waals surface area contributed by atoms with E-state index in [4.69, 9.17) is 11.6 Å². The molecule has 4 rings (SSSR count). The number of hydrogen-bond donors (Lipinski definition) is 3. The van der Waals surface area contributed by atoms with Crippen molar-refractivity contribution in [2.75, 3.05) is 25.5 Å². The summed E-state index contributed by atoms with van der Waals surface area (Å²) in [5, 5.41) is 10.3. The van der Waals surface area contributed by atoms with Crippen molar-refractivity contribution in [3.8, 4) is 0 Å². The summed E-state index contributed by atoms with van der Waals surface area (Å²) in [5.74, 6) is 0.275. The van der Waals surface area contributed by atoms with Gasteiger partial charge in [0.25, 0.3) is 5.91 Å². The topological polar surface area (TPSA) is 86.4 Å². The molecule has 1 aliphatic carbocycles. The van der Waals surface area contributed by atoms with Crippen molar-refractivity contribution in [1.82, 2.24) is 20.5 Å². The summed E-state index contributed by atoms with van der Waals surface area (Å²) in [6.45, 7) is 5.95. The molecule has 1 saturated carbocycles. The quantitative estimate of drug-likeness (QED) is 0.415. The molecule has 0 unspecified atom stereocenters. The predicted molar refractivity (Wildman–Crippen MR) is 147 cm³/mol.